The smallest absolute Gasteiger partial charge is 0.313 e. The number of carbonyl (C=O) groups is 3. The third-order valence-corrected chi connectivity index (χ3v) is 7.58. The maximum Gasteiger partial charge on any atom is 0.313 e. The first kappa shape index (κ1) is 22.8. The van der Waals surface area contributed by atoms with E-state index in [4.69, 9.17) is 9.47 Å². The molecule has 180 valence electrons. The normalized spacial score (nSPS) is 33.2. The van der Waals surface area contributed by atoms with Gasteiger partial charge in [0.15, 0.2) is 0 Å². The molecule has 8 nitrogen and oxygen atoms in total. The second-order valence-electron chi connectivity index (χ2n) is 9.53. The summed E-state index contributed by atoms with van der Waals surface area (Å²) in [6.45, 7) is 5.92. The monoisotopic (exact) mass is 466 g/mol. The third-order valence-electron chi connectivity index (χ3n) is 7.58. The van der Waals surface area contributed by atoms with Crippen LogP contribution in [0.5, 0.6) is 0 Å². The molecule has 0 aromatic heterocycles. The molecule has 2 amide bonds. The summed E-state index contributed by atoms with van der Waals surface area (Å²) in [5, 5.41) is 10.1. The minimum absolute atomic E-state index is 0.125. The summed E-state index contributed by atoms with van der Waals surface area (Å²) >= 11 is 0. The third kappa shape index (κ3) is 3.15. The SMILES string of the molecule is CC[C@@H](CO)N1C(=O)[C@@H]2[C@@H]3C(=O)OCC=C[C@@H]3O[C@@]23C=CCN(c2cc(C)ccc2C)C(=O)C13. The summed E-state index contributed by atoms with van der Waals surface area (Å²) in [5.74, 6) is -2.89. The standard InChI is InChI=1S/C26H30N2O6/c1-4-17(14-29)28-22-24(31)27(18-13-15(2)8-9-16(18)3)11-6-10-26(22)21(23(28)30)20-19(34-26)7-5-12-33-25(20)32/h5-10,13,17,19-22,29H,4,11-12,14H2,1-3H3/t17-,19-,20+,21-,22?,26-/m0/s1. The number of amides is 2. The van der Waals surface area contributed by atoms with Gasteiger partial charge in [0.25, 0.3) is 5.91 Å². The van der Waals surface area contributed by atoms with Crippen molar-refractivity contribution < 1.29 is 29.0 Å². The highest BCUT2D eigenvalue weighted by molar-refractivity contribution is 6.06. The van der Waals surface area contributed by atoms with Crippen LogP contribution in [0.4, 0.5) is 5.69 Å². The highest BCUT2D eigenvalue weighted by Gasteiger charge is 2.72. The lowest BCUT2D eigenvalue weighted by Crippen LogP contribution is -2.58. The molecule has 5 rings (SSSR count). The molecule has 1 aromatic carbocycles. The van der Waals surface area contributed by atoms with Crippen molar-refractivity contribution in [2.75, 3.05) is 24.7 Å². The van der Waals surface area contributed by atoms with Crippen LogP contribution in [0.15, 0.2) is 42.5 Å². The molecule has 2 fully saturated rings. The van der Waals surface area contributed by atoms with Crippen LogP contribution in [0.25, 0.3) is 0 Å². The largest absolute Gasteiger partial charge is 0.461 e. The van der Waals surface area contributed by atoms with E-state index in [9.17, 15) is 19.5 Å². The summed E-state index contributed by atoms with van der Waals surface area (Å²) in [4.78, 5) is 44.3. The number of aliphatic hydroxyl groups excluding tert-OH is 1. The van der Waals surface area contributed by atoms with Gasteiger partial charge in [0.05, 0.1) is 24.7 Å². The van der Waals surface area contributed by atoms with Crippen LogP contribution in [0, 0.1) is 25.7 Å². The lowest BCUT2D eigenvalue weighted by molar-refractivity contribution is -0.153. The van der Waals surface area contributed by atoms with Crippen molar-refractivity contribution in [3.05, 3.63) is 53.6 Å². The maximum atomic E-state index is 14.3. The fourth-order valence-electron chi connectivity index (χ4n) is 5.94. The summed E-state index contributed by atoms with van der Waals surface area (Å²) in [6.07, 6.45) is 6.91. The molecule has 1 N–H and O–H groups in total. The number of likely N-dealkylation sites (tertiary alicyclic amines) is 1. The van der Waals surface area contributed by atoms with Crippen LogP contribution < -0.4 is 4.90 Å². The number of anilines is 1. The zero-order valence-corrected chi connectivity index (χ0v) is 19.6. The molecule has 1 unspecified atom stereocenters. The summed E-state index contributed by atoms with van der Waals surface area (Å²) in [6, 6.07) is 4.34. The van der Waals surface area contributed by atoms with Gasteiger partial charge in [-0.05, 0) is 43.5 Å². The topological polar surface area (TPSA) is 96.4 Å². The number of rotatable bonds is 4. The van der Waals surface area contributed by atoms with Gasteiger partial charge < -0.3 is 24.4 Å². The Labute approximate surface area is 198 Å². The first-order chi connectivity index (χ1) is 16.3. The van der Waals surface area contributed by atoms with Gasteiger partial charge in [-0.25, -0.2) is 0 Å². The van der Waals surface area contributed by atoms with Crippen molar-refractivity contribution in [2.24, 2.45) is 11.8 Å². The number of fused-ring (bicyclic) bond motifs is 2. The van der Waals surface area contributed by atoms with Crippen molar-refractivity contribution >= 4 is 23.5 Å². The Kier molecular flexibility index (Phi) is 5.61. The van der Waals surface area contributed by atoms with Crippen LogP contribution >= 0.6 is 0 Å². The Balaban J connectivity index is 1.67. The molecule has 0 radical (unpaired) electrons. The average molecular weight is 467 g/mol. The molecular weight excluding hydrogens is 436 g/mol. The van der Waals surface area contributed by atoms with Crippen molar-refractivity contribution in [3.8, 4) is 0 Å². The lowest BCUT2D eigenvalue weighted by atomic mass is 9.78. The first-order valence-electron chi connectivity index (χ1n) is 11.8. The van der Waals surface area contributed by atoms with Crippen LogP contribution in [0.2, 0.25) is 0 Å². The number of benzene rings is 1. The van der Waals surface area contributed by atoms with E-state index in [2.05, 4.69) is 0 Å². The Bertz CT molecular complexity index is 1090. The second kappa shape index (κ2) is 8.36. The molecule has 4 aliphatic heterocycles. The van der Waals surface area contributed by atoms with Crippen molar-refractivity contribution in [2.45, 2.75) is 51.0 Å². The van der Waals surface area contributed by atoms with E-state index in [0.29, 0.717) is 13.0 Å². The molecule has 34 heavy (non-hydrogen) atoms. The molecular formula is C26H30N2O6. The van der Waals surface area contributed by atoms with Gasteiger partial charge in [0.2, 0.25) is 5.91 Å². The first-order valence-corrected chi connectivity index (χ1v) is 11.8. The number of aliphatic hydroxyl groups is 1. The van der Waals surface area contributed by atoms with Gasteiger partial charge in [0, 0.05) is 12.2 Å². The Morgan fingerprint density at radius 2 is 1.97 bits per heavy atom. The van der Waals surface area contributed by atoms with E-state index >= 15 is 0 Å². The van der Waals surface area contributed by atoms with Gasteiger partial charge in [-0.3, -0.25) is 14.4 Å². The number of ether oxygens (including phenoxy) is 2. The fourth-order valence-corrected chi connectivity index (χ4v) is 5.94. The number of cyclic esters (lactones) is 1. The number of hydrogen-bond donors (Lipinski definition) is 1. The number of hydrogen-bond acceptors (Lipinski definition) is 6. The maximum absolute atomic E-state index is 14.3. The zero-order valence-electron chi connectivity index (χ0n) is 19.6. The van der Waals surface area contributed by atoms with Crippen LogP contribution in [0.3, 0.4) is 0 Å². The van der Waals surface area contributed by atoms with E-state index in [-0.39, 0.29) is 25.0 Å². The average Bonchev–Trinajstić information content (AvgIpc) is 3.12. The Morgan fingerprint density at radius 1 is 1.18 bits per heavy atom. The predicted molar refractivity (Wildman–Crippen MR) is 124 cm³/mol. The molecule has 0 aliphatic carbocycles. The van der Waals surface area contributed by atoms with Crippen molar-refractivity contribution in [3.63, 3.8) is 0 Å². The van der Waals surface area contributed by atoms with Crippen LogP contribution in [-0.4, -0.2) is 71.3 Å². The Morgan fingerprint density at radius 3 is 2.71 bits per heavy atom. The summed E-state index contributed by atoms with van der Waals surface area (Å²) in [7, 11) is 0. The number of nitrogens with zero attached hydrogens (tertiary/aromatic N) is 2. The molecule has 8 heteroatoms. The van der Waals surface area contributed by atoms with E-state index < -0.39 is 41.6 Å². The lowest BCUT2D eigenvalue weighted by Gasteiger charge is -2.38. The van der Waals surface area contributed by atoms with Gasteiger partial charge in [-0.1, -0.05) is 37.3 Å². The van der Waals surface area contributed by atoms with Gasteiger partial charge in [0.1, 0.15) is 24.2 Å². The van der Waals surface area contributed by atoms with E-state index in [0.717, 1.165) is 16.8 Å². The highest BCUT2D eigenvalue weighted by Crippen LogP contribution is 2.54. The van der Waals surface area contributed by atoms with Crippen molar-refractivity contribution in [1.29, 1.82) is 0 Å². The quantitative estimate of drug-likeness (QED) is 0.536. The van der Waals surface area contributed by atoms with E-state index in [1.807, 2.05) is 45.0 Å². The van der Waals surface area contributed by atoms with Gasteiger partial charge in [-0.2, -0.15) is 0 Å². The molecule has 0 saturated carbocycles. The summed E-state index contributed by atoms with van der Waals surface area (Å²) in [5.41, 5.74) is 1.40. The molecule has 4 heterocycles. The highest BCUT2D eigenvalue weighted by atomic mass is 16.6. The number of esters is 1. The fraction of sp³-hybridized carbons (Fsp3) is 0.500. The van der Waals surface area contributed by atoms with Gasteiger partial charge >= 0.3 is 5.97 Å². The predicted octanol–water partition coefficient (Wildman–Crippen LogP) is 1.67. The Hall–Kier alpha value is -2.97. The van der Waals surface area contributed by atoms with E-state index in [1.54, 1.807) is 23.1 Å². The number of carbonyl (C=O) groups excluding carboxylic acids is 3. The van der Waals surface area contributed by atoms with Crippen LogP contribution in [0.1, 0.15) is 24.5 Å². The minimum atomic E-state index is -1.32. The van der Waals surface area contributed by atoms with Crippen LogP contribution in [-0.2, 0) is 23.9 Å². The van der Waals surface area contributed by atoms with Gasteiger partial charge in [-0.15, -0.1) is 0 Å². The molecule has 1 spiro atoms. The molecule has 4 aliphatic rings. The molecule has 1 aromatic rings. The van der Waals surface area contributed by atoms with E-state index in [1.165, 1.54) is 4.90 Å². The summed E-state index contributed by atoms with van der Waals surface area (Å²) < 4.78 is 11.8. The zero-order chi connectivity index (χ0) is 24.2. The second-order valence-corrected chi connectivity index (χ2v) is 9.53. The minimum Gasteiger partial charge on any atom is -0.461 e. The molecule has 0 bridgehead atoms. The number of aryl methyl sites for hydroxylation is 2. The molecule has 2 saturated heterocycles. The van der Waals surface area contributed by atoms with Crippen molar-refractivity contribution in [1.82, 2.24) is 4.90 Å². The molecule has 6 atom stereocenters.